The summed E-state index contributed by atoms with van der Waals surface area (Å²) < 4.78 is 30.4. The number of aromatic nitrogens is 1. The third kappa shape index (κ3) is 5.06. The van der Waals surface area contributed by atoms with Crippen LogP contribution in [-0.4, -0.2) is 48.5 Å². The van der Waals surface area contributed by atoms with E-state index in [1.807, 2.05) is 48.7 Å². The van der Waals surface area contributed by atoms with E-state index < -0.39 is 33.9 Å². The highest BCUT2D eigenvalue weighted by Crippen LogP contribution is 2.19. The minimum atomic E-state index is -3.09. The van der Waals surface area contributed by atoms with Crippen LogP contribution in [0.5, 0.6) is 0 Å². The summed E-state index contributed by atoms with van der Waals surface area (Å²) in [6, 6.07) is 11.3. The number of benzene rings is 1. The molecule has 1 aromatic carbocycles. The third-order valence-electron chi connectivity index (χ3n) is 5.21. The summed E-state index contributed by atoms with van der Waals surface area (Å²) in [4.78, 5) is 24.9. The van der Waals surface area contributed by atoms with Gasteiger partial charge in [0.2, 0.25) is 0 Å². The molecule has 0 radical (unpaired) electrons. The average molecular weight is 419 g/mol. The first-order chi connectivity index (χ1) is 13.7. The van der Waals surface area contributed by atoms with Crippen LogP contribution in [0.3, 0.4) is 0 Å². The van der Waals surface area contributed by atoms with Gasteiger partial charge in [-0.05, 0) is 38.8 Å². The molecule has 1 amide bonds. The number of carbonyl (C=O) groups excluding carboxylic acids is 2. The van der Waals surface area contributed by atoms with E-state index in [1.54, 1.807) is 6.07 Å². The van der Waals surface area contributed by atoms with Crippen LogP contribution < -0.4 is 5.32 Å². The van der Waals surface area contributed by atoms with Crippen molar-refractivity contribution in [1.82, 2.24) is 9.88 Å². The van der Waals surface area contributed by atoms with E-state index in [-0.39, 0.29) is 11.5 Å². The van der Waals surface area contributed by atoms with E-state index in [9.17, 15) is 18.0 Å². The number of hydrogen-bond acceptors (Lipinski definition) is 5. The second-order valence-corrected chi connectivity index (χ2v) is 9.74. The lowest BCUT2D eigenvalue weighted by Gasteiger charge is -2.16. The van der Waals surface area contributed by atoms with Crippen LogP contribution in [-0.2, 0) is 25.9 Å². The van der Waals surface area contributed by atoms with Crippen molar-refractivity contribution in [3.8, 4) is 0 Å². The van der Waals surface area contributed by atoms with Gasteiger partial charge in [0.1, 0.15) is 0 Å². The number of nitrogens with zero attached hydrogens (tertiary/aromatic N) is 1. The van der Waals surface area contributed by atoms with Crippen molar-refractivity contribution in [2.45, 2.75) is 45.9 Å². The molecule has 2 aromatic rings. The molecule has 0 bridgehead atoms. The summed E-state index contributed by atoms with van der Waals surface area (Å²) in [5.74, 6) is -1.06. The molecular formula is C21H26N2O5S. The molecular weight excluding hydrogens is 392 g/mol. The zero-order valence-electron chi connectivity index (χ0n) is 16.8. The number of carbonyl (C=O) groups is 2. The zero-order valence-corrected chi connectivity index (χ0v) is 17.7. The molecule has 0 spiro atoms. The maximum atomic E-state index is 12.6. The molecule has 29 heavy (non-hydrogen) atoms. The predicted molar refractivity (Wildman–Crippen MR) is 110 cm³/mol. The van der Waals surface area contributed by atoms with Crippen LogP contribution in [0.15, 0.2) is 36.4 Å². The molecule has 7 nitrogen and oxygen atoms in total. The second-order valence-electron chi connectivity index (χ2n) is 7.51. The molecule has 0 saturated carbocycles. The molecule has 2 heterocycles. The monoisotopic (exact) mass is 418 g/mol. The number of amides is 1. The van der Waals surface area contributed by atoms with Gasteiger partial charge in [-0.2, -0.15) is 0 Å². The summed E-state index contributed by atoms with van der Waals surface area (Å²) in [6.45, 7) is 5.89. The first-order valence-corrected chi connectivity index (χ1v) is 11.4. The fourth-order valence-corrected chi connectivity index (χ4v) is 5.20. The molecule has 1 saturated heterocycles. The molecule has 1 aliphatic rings. The Bertz CT molecular complexity index is 1010. The van der Waals surface area contributed by atoms with E-state index in [1.165, 1.54) is 6.92 Å². The van der Waals surface area contributed by atoms with Crippen molar-refractivity contribution in [2.75, 3.05) is 11.5 Å². The fraction of sp³-hybridized carbons (Fsp3) is 0.429. The van der Waals surface area contributed by atoms with Gasteiger partial charge >= 0.3 is 5.97 Å². The highest BCUT2D eigenvalue weighted by Gasteiger charge is 2.31. The Kier molecular flexibility index (Phi) is 6.12. The predicted octanol–water partition coefficient (Wildman–Crippen LogP) is 2.00. The van der Waals surface area contributed by atoms with E-state index in [4.69, 9.17) is 4.74 Å². The van der Waals surface area contributed by atoms with E-state index in [0.717, 1.165) is 17.0 Å². The first kappa shape index (κ1) is 21.1. The van der Waals surface area contributed by atoms with Crippen molar-refractivity contribution in [3.63, 3.8) is 0 Å². The Morgan fingerprint density at radius 1 is 1.24 bits per heavy atom. The van der Waals surface area contributed by atoms with Crippen LogP contribution in [0, 0.1) is 13.8 Å². The Hall–Kier alpha value is -2.61. The van der Waals surface area contributed by atoms with Gasteiger partial charge in [0.05, 0.1) is 17.1 Å². The van der Waals surface area contributed by atoms with E-state index >= 15 is 0 Å². The summed E-state index contributed by atoms with van der Waals surface area (Å²) in [5.41, 5.74) is 3.23. The van der Waals surface area contributed by atoms with Gasteiger partial charge in [-0.3, -0.25) is 4.79 Å². The zero-order chi connectivity index (χ0) is 21.2. The number of rotatable bonds is 6. The standard InChI is InChI=1S/C21H26N2O5S/c1-14-11-19(15(2)23(14)12-17-7-5-4-6-8-17)21(25)28-16(3)20(24)22-18-9-10-29(26,27)13-18/h4-8,11,16,18H,9-10,12-13H2,1-3H3,(H,22,24)/t16-,18+/m0/s1. The van der Waals surface area contributed by atoms with E-state index in [2.05, 4.69) is 5.32 Å². The normalized spacial score (nSPS) is 18.9. The molecule has 1 aromatic heterocycles. The van der Waals surface area contributed by atoms with Crippen molar-refractivity contribution in [2.24, 2.45) is 0 Å². The lowest BCUT2D eigenvalue weighted by Crippen LogP contribution is -2.42. The van der Waals surface area contributed by atoms with E-state index in [0.29, 0.717) is 18.5 Å². The second kappa shape index (κ2) is 8.41. The van der Waals surface area contributed by atoms with Crippen molar-refractivity contribution in [3.05, 3.63) is 58.9 Å². The van der Waals surface area contributed by atoms with Gasteiger partial charge in [0, 0.05) is 24.0 Å². The van der Waals surface area contributed by atoms with Gasteiger partial charge in [-0.1, -0.05) is 30.3 Å². The van der Waals surface area contributed by atoms with Crippen LogP contribution in [0.2, 0.25) is 0 Å². The Morgan fingerprint density at radius 3 is 2.55 bits per heavy atom. The lowest BCUT2D eigenvalue weighted by molar-refractivity contribution is -0.129. The van der Waals surface area contributed by atoms with Crippen LogP contribution in [0.25, 0.3) is 0 Å². The lowest BCUT2D eigenvalue weighted by atomic mass is 10.2. The number of sulfone groups is 1. The molecule has 2 atom stereocenters. The minimum Gasteiger partial charge on any atom is -0.449 e. The molecule has 156 valence electrons. The number of aryl methyl sites for hydroxylation is 1. The van der Waals surface area contributed by atoms with Gasteiger partial charge in [0.15, 0.2) is 15.9 Å². The maximum absolute atomic E-state index is 12.6. The minimum absolute atomic E-state index is 0.0690. The van der Waals surface area contributed by atoms with Gasteiger partial charge in [-0.25, -0.2) is 13.2 Å². The summed E-state index contributed by atoms with van der Waals surface area (Å²) in [5, 5.41) is 2.65. The van der Waals surface area contributed by atoms with Crippen LogP contribution in [0.1, 0.15) is 40.7 Å². The molecule has 8 heteroatoms. The number of hydrogen-bond donors (Lipinski definition) is 1. The summed E-state index contributed by atoms with van der Waals surface area (Å²) in [6.07, 6.45) is -0.627. The smallest absolute Gasteiger partial charge is 0.340 e. The molecule has 1 N–H and O–H groups in total. The van der Waals surface area contributed by atoms with Crippen molar-refractivity contribution < 1.29 is 22.7 Å². The molecule has 3 rings (SSSR count). The Morgan fingerprint density at radius 2 is 1.93 bits per heavy atom. The third-order valence-corrected chi connectivity index (χ3v) is 6.98. The summed E-state index contributed by atoms with van der Waals surface area (Å²) in [7, 11) is -3.09. The number of nitrogens with one attached hydrogen (secondary N) is 1. The fourth-order valence-electron chi connectivity index (χ4n) is 3.52. The van der Waals surface area contributed by atoms with Crippen LogP contribution >= 0.6 is 0 Å². The SMILES string of the molecule is Cc1cc(C(=O)O[C@@H](C)C(=O)N[C@@H]2CCS(=O)(=O)C2)c(C)n1Cc1ccccc1. The van der Waals surface area contributed by atoms with Gasteiger partial charge in [-0.15, -0.1) is 0 Å². The summed E-state index contributed by atoms with van der Waals surface area (Å²) >= 11 is 0. The topological polar surface area (TPSA) is 94.5 Å². The highest BCUT2D eigenvalue weighted by molar-refractivity contribution is 7.91. The molecule has 0 unspecified atom stereocenters. The molecule has 1 aliphatic heterocycles. The van der Waals surface area contributed by atoms with Crippen molar-refractivity contribution >= 4 is 21.7 Å². The highest BCUT2D eigenvalue weighted by atomic mass is 32.2. The first-order valence-electron chi connectivity index (χ1n) is 9.58. The Labute approximate surface area is 171 Å². The quantitative estimate of drug-likeness (QED) is 0.724. The van der Waals surface area contributed by atoms with Gasteiger partial charge < -0.3 is 14.6 Å². The molecule has 1 fully saturated rings. The number of ether oxygens (including phenoxy) is 1. The van der Waals surface area contributed by atoms with Crippen LogP contribution in [0.4, 0.5) is 0 Å². The molecule has 0 aliphatic carbocycles. The van der Waals surface area contributed by atoms with Crippen molar-refractivity contribution in [1.29, 1.82) is 0 Å². The Balaban J connectivity index is 1.64. The van der Waals surface area contributed by atoms with Gasteiger partial charge in [0.25, 0.3) is 5.91 Å². The average Bonchev–Trinajstić information content (AvgIpc) is 3.15. The maximum Gasteiger partial charge on any atom is 0.340 e. The number of esters is 1. The largest absolute Gasteiger partial charge is 0.449 e.